The zero-order valence-corrected chi connectivity index (χ0v) is 5.46. The Balaban J connectivity index is 4.13. The van der Waals surface area contributed by atoms with Crippen LogP contribution in [-0.2, 0) is 20.0 Å². The Kier molecular flexibility index (Phi) is 2.42. The molecule has 0 aromatic rings. The van der Waals surface area contributed by atoms with Gasteiger partial charge in [0.2, 0.25) is 0 Å². The van der Waals surface area contributed by atoms with Gasteiger partial charge in [-0.1, -0.05) is 6.08 Å². The van der Waals surface area contributed by atoms with E-state index in [4.69, 9.17) is 4.55 Å². The summed E-state index contributed by atoms with van der Waals surface area (Å²) in [6.45, 7) is 1.64. The van der Waals surface area contributed by atoms with E-state index in [0.29, 0.717) is 0 Å². The van der Waals surface area contributed by atoms with Crippen molar-refractivity contribution in [3.63, 3.8) is 0 Å². The highest BCUT2D eigenvalue weighted by atomic mass is 32.8. The number of allylic oxidation sites excluding steroid dienone is 1. The first-order chi connectivity index (χ1) is 3.06. The van der Waals surface area contributed by atoms with Gasteiger partial charge in [-0.25, -0.2) is 4.21 Å². The van der Waals surface area contributed by atoms with Gasteiger partial charge in [0.05, 0.1) is 0 Å². The van der Waals surface area contributed by atoms with E-state index in [2.05, 4.69) is 11.2 Å². The van der Waals surface area contributed by atoms with Gasteiger partial charge in [-0.2, -0.15) is 0 Å². The Morgan fingerprint density at radius 2 is 2.29 bits per heavy atom. The van der Waals surface area contributed by atoms with Gasteiger partial charge in [0, 0.05) is 16.6 Å². The van der Waals surface area contributed by atoms with Crippen LogP contribution >= 0.6 is 0 Å². The molecule has 0 saturated carbocycles. The standard InChI is InChI=1S/C3H6O2S2/c1-2-3-7(4,5)6/h2-3H,1H3,(H,4,5,6)/b3-2-. The summed E-state index contributed by atoms with van der Waals surface area (Å²) in [6, 6.07) is 0. The molecule has 0 aromatic heterocycles. The highest BCUT2D eigenvalue weighted by Gasteiger charge is 1.84. The van der Waals surface area contributed by atoms with Gasteiger partial charge in [-0.15, -0.1) is 0 Å². The maximum absolute atomic E-state index is 10.1. The molecule has 0 fully saturated rings. The summed E-state index contributed by atoms with van der Waals surface area (Å²) in [5, 5.41) is 1.09. The first kappa shape index (κ1) is 7.07. The predicted molar refractivity (Wildman–Crippen MR) is 33.0 cm³/mol. The summed E-state index contributed by atoms with van der Waals surface area (Å²) in [5.41, 5.74) is 0. The molecule has 0 aliphatic heterocycles. The van der Waals surface area contributed by atoms with E-state index in [1.165, 1.54) is 6.08 Å². The van der Waals surface area contributed by atoms with Crippen molar-refractivity contribution < 1.29 is 8.76 Å². The Morgan fingerprint density at radius 1 is 1.86 bits per heavy atom. The largest absolute Gasteiger partial charge is 0.302 e. The van der Waals surface area contributed by atoms with Crippen LogP contribution in [0.3, 0.4) is 0 Å². The van der Waals surface area contributed by atoms with Crippen LogP contribution in [0.25, 0.3) is 0 Å². The highest BCUT2D eigenvalue weighted by Crippen LogP contribution is 1.82. The molecule has 42 valence electrons. The minimum absolute atomic E-state index is 1.09. The molecule has 0 aliphatic rings. The van der Waals surface area contributed by atoms with Gasteiger partial charge < -0.3 is 4.55 Å². The quantitative estimate of drug-likeness (QED) is 0.580. The van der Waals surface area contributed by atoms with Crippen molar-refractivity contribution in [1.82, 2.24) is 0 Å². The number of rotatable bonds is 1. The molecule has 2 nitrogen and oxygen atoms in total. The molecule has 0 spiro atoms. The lowest BCUT2D eigenvalue weighted by atomic mass is 10.8. The van der Waals surface area contributed by atoms with Crippen molar-refractivity contribution in [3.05, 3.63) is 11.5 Å². The average molecular weight is 138 g/mol. The summed E-state index contributed by atoms with van der Waals surface area (Å²) in [4.78, 5) is 0. The van der Waals surface area contributed by atoms with Gasteiger partial charge >= 0.3 is 0 Å². The fraction of sp³-hybridized carbons (Fsp3) is 0.333. The minimum Gasteiger partial charge on any atom is -0.302 e. The third kappa shape index (κ3) is 6.07. The second-order valence-corrected chi connectivity index (χ2v) is 3.72. The molecule has 4 heteroatoms. The van der Waals surface area contributed by atoms with Gasteiger partial charge in [0.1, 0.15) is 0 Å². The lowest BCUT2D eigenvalue weighted by Gasteiger charge is -1.80. The topological polar surface area (TPSA) is 37.3 Å². The Hall–Kier alpha value is 0.0700. The van der Waals surface area contributed by atoms with Crippen LogP contribution in [0.4, 0.5) is 0 Å². The fourth-order valence-electron chi connectivity index (χ4n) is 0.172. The first-order valence-electron chi connectivity index (χ1n) is 1.66. The maximum atomic E-state index is 10.1. The molecular formula is C3H6O2S2. The molecule has 1 atom stereocenters. The van der Waals surface area contributed by atoms with Gasteiger partial charge in [0.15, 0.2) is 8.77 Å². The third-order valence-corrected chi connectivity index (χ3v) is 1.26. The summed E-state index contributed by atoms with van der Waals surface area (Å²) < 4.78 is 18.3. The van der Waals surface area contributed by atoms with Crippen LogP contribution in [0, 0.1) is 0 Å². The number of hydrogen-bond acceptors (Lipinski definition) is 2. The second-order valence-electron chi connectivity index (χ2n) is 0.984. The lowest BCUT2D eigenvalue weighted by molar-refractivity contribution is 0.571. The van der Waals surface area contributed by atoms with E-state index in [1.54, 1.807) is 6.92 Å². The molecule has 1 unspecified atom stereocenters. The van der Waals surface area contributed by atoms with Crippen LogP contribution in [0.1, 0.15) is 6.92 Å². The normalized spacial score (nSPS) is 19.7. The van der Waals surface area contributed by atoms with Gasteiger partial charge in [-0.05, 0) is 6.92 Å². The third-order valence-electron chi connectivity index (χ3n) is 0.308. The highest BCUT2D eigenvalue weighted by molar-refractivity contribution is 8.31. The van der Waals surface area contributed by atoms with Crippen LogP contribution in [0.2, 0.25) is 0 Å². The SMILES string of the molecule is C/C=C\S(=O)(O)=S. The van der Waals surface area contributed by atoms with E-state index in [0.717, 1.165) is 5.41 Å². The Bertz CT molecular complexity index is 154. The molecule has 0 rings (SSSR count). The Morgan fingerprint density at radius 3 is 2.29 bits per heavy atom. The lowest BCUT2D eigenvalue weighted by Crippen LogP contribution is -1.84. The molecule has 1 N–H and O–H groups in total. The van der Waals surface area contributed by atoms with Crippen LogP contribution in [0.15, 0.2) is 11.5 Å². The molecular weight excluding hydrogens is 132 g/mol. The predicted octanol–water partition coefficient (Wildman–Crippen LogP) is 0.739. The minimum atomic E-state index is -3.02. The first-order valence-corrected chi connectivity index (χ1v) is 4.17. The van der Waals surface area contributed by atoms with Crippen molar-refractivity contribution in [2.24, 2.45) is 0 Å². The van der Waals surface area contributed by atoms with E-state index in [1.807, 2.05) is 0 Å². The van der Waals surface area contributed by atoms with Crippen molar-refractivity contribution >= 4 is 20.0 Å². The van der Waals surface area contributed by atoms with E-state index >= 15 is 0 Å². The molecule has 0 saturated heterocycles. The van der Waals surface area contributed by atoms with Gasteiger partial charge in [0.25, 0.3) is 0 Å². The summed E-state index contributed by atoms with van der Waals surface area (Å²) in [6.07, 6.45) is 1.45. The smallest absolute Gasteiger partial charge is 0.163 e. The molecule has 0 aromatic carbocycles. The number of hydrogen-bond donors (Lipinski definition) is 1. The summed E-state index contributed by atoms with van der Waals surface area (Å²) >= 11 is 4.08. The summed E-state index contributed by atoms with van der Waals surface area (Å²) in [5.74, 6) is 0. The molecule has 0 radical (unpaired) electrons. The van der Waals surface area contributed by atoms with E-state index in [9.17, 15) is 4.21 Å². The maximum Gasteiger partial charge on any atom is 0.163 e. The molecule has 0 amide bonds. The zero-order chi connectivity index (χ0) is 5.91. The van der Waals surface area contributed by atoms with Gasteiger partial charge in [-0.3, -0.25) is 0 Å². The monoisotopic (exact) mass is 138 g/mol. The van der Waals surface area contributed by atoms with Crippen molar-refractivity contribution in [2.75, 3.05) is 0 Å². The van der Waals surface area contributed by atoms with Crippen LogP contribution in [-0.4, -0.2) is 8.76 Å². The zero-order valence-electron chi connectivity index (χ0n) is 3.83. The van der Waals surface area contributed by atoms with E-state index in [-0.39, 0.29) is 0 Å². The van der Waals surface area contributed by atoms with Crippen molar-refractivity contribution in [3.8, 4) is 0 Å². The van der Waals surface area contributed by atoms with Crippen molar-refractivity contribution in [1.29, 1.82) is 0 Å². The summed E-state index contributed by atoms with van der Waals surface area (Å²) in [7, 11) is -3.02. The molecule has 0 heterocycles. The second kappa shape index (κ2) is 2.40. The van der Waals surface area contributed by atoms with Crippen LogP contribution < -0.4 is 0 Å². The molecule has 0 bridgehead atoms. The average Bonchev–Trinajstić information content (AvgIpc) is 1.30. The Labute approximate surface area is 47.7 Å². The van der Waals surface area contributed by atoms with Crippen LogP contribution in [0.5, 0.6) is 0 Å². The van der Waals surface area contributed by atoms with E-state index < -0.39 is 8.77 Å². The molecule has 0 aliphatic carbocycles. The van der Waals surface area contributed by atoms with Crippen molar-refractivity contribution in [2.45, 2.75) is 6.92 Å². The fourth-order valence-corrected chi connectivity index (χ4v) is 0.849. The molecule has 7 heavy (non-hydrogen) atoms.